The standard InChI is InChI=1S/C14H18ClN3O/c1-3-4-10(2)18-14(19)9-17-13-7-12(15)6-5-11(13)8-16/h5-7,10,17H,3-4,9H2,1-2H3,(H,18,19). The van der Waals surface area contributed by atoms with Gasteiger partial charge in [-0.15, -0.1) is 0 Å². The Balaban J connectivity index is 2.55. The summed E-state index contributed by atoms with van der Waals surface area (Å²) in [6, 6.07) is 7.13. The maximum atomic E-state index is 11.7. The number of hydrogen-bond acceptors (Lipinski definition) is 3. The fourth-order valence-electron chi connectivity index (χ4n) is 1.77. The predicted molar refractivity (Wildman–Crippen MR) is 77.2 cm³/mol. The van der Waals surface area contributed by atoms with Crippen molar-refractivity contribution >= 4 is 23.2 Å². The molecule has 0 aromatic heterocycles. The van der Waals surface area contributed by atoms with Crippen LogP contribution in [0.5, 0.6) is 0 Å². The largest absolute Gasteiger partial charge is 0.375 e. The van der Waals surface area contributed by atoms with Crippen LogP contribution in [0, 0.1) is 11.3 Å². The number of nitriles is 1. The first-order valence-corrected chi connectivity index (χ1v) is 6.67. The molecule has 0 fully saturated rings. The van der Waals surface area contributed by atoms with E-state index in [1.807, 2.05) is 6.92 Å². The number of hydrogen-bond donors (Lipinski definition) is 2. The van der Waals surface area contributed by atoms with Crippen molar-refractivity contribution in [2.75, 3.05) is 11.9 Å². The maximum Gasteiger partial charge on any atom is 0.239 e. The molecular weight excluding hydrogens is 262 g/mol. The molecule has 0 spiro atoms. The minimum atomic E-state index is -0.0928. The second-order valence-electron chi connectivity index (χ2n) is 4.41. The minimum Gasteiger partial charge on any atom is -0.375 e. The highest BCUT2D eigenvalue weighted by atomic mass is 35.5. The third kappa shape index (κ3) is 5.19. The molecule has 1 aromatic carbocycles. The van der Waals surface area contributed by atoms with Crippen molar-refractivity contribution in [3.05, 3.63) is 28.8 Å². The topological polar surface area (TPSA) is 64.9 Å². The first-order chi connectivity index (χ1) is 9.06. The number of amides is 1. The van der Waals surface area contributed by atoms with Gasteiger partial charge in [0.15, 0.2) is 0 Å². The Labute approximate surface area is 118 Å². The Kier molecular flexibility index (Phi) is 6.17. The molecule has 0 aliphatic carbocycles. The number of rotatable bonds is 6. The summed E-state index contributed by atoms with van der Waals surface area (Å²) in [5, 5.41) is 15.3. The van der Waals surface area contributed by atoms with Crippen molar-refractivity contribution in [2.24, 2.45) is 0 Å². The van der Waals surface area contributed by atoms with Gasteiger partial charge in [-0.2, -0.15) is 5.26 Å². The highest BCUT2D eigenvalue weighted by molar-refractivity contribution is 6.30. The van der Waals surface area contributed by atoms with E-state index in [2.05, 4.69) is 23.6 Å². The molecule has 19 heavy (non-hydrogen) atoms. The summed E-state index contributed by atoms with van der Waals surface area (Å²) in [7, 11) is 0. The average molecular weight is 280 g/mol. The zero-order chi connectivity index (χ0) is 14.3. The summed E-state index contributed by atoms with van der Waals surface area (Å²) in [6.45, 7) is 4.18. The van der Waals surface area contributed by atoms with Gasteiger partial charge in [0.1, 0.15) is 6.07 Å². The Hall–Kier alpha value is -1.73. The minimum absolute atomic E-state index is 0.0928. The van der Waals surface area contributed by atoms with E-state index >= 15 is 0 Å². The first-order valence-electron chi connectivity index (χ1n) is 6.29. The predicted octanol–water partition coefficient (Wildman–Crippen LogP) is 2.93. The molecule has 1 unspecified atom stereocenters. The highest BCUT2D eigenvalue weighted by Crippen LogP contribution is 2.19. The van der Waals surface area contributed by atoms with Crippen molar-refractivity contribution in [2.45, 2.75) is 32.7 Å². The van der Waals surface area contributed by atoms with Crippen molar-refractivity contribution in [3.63, 3.8) is 0 Å². The van der Waals surface area contributed by atoms with E-state index in [-0.39, 0.29) is 18.5 Å². The van der Waals surface area contributed by atoms with Crippen LogP contribution in [0.1, 0.15) is 32.3 Å². The summed E-state index contributed by atoms with van der Waals surface area (Å²) in [5.41, 5.74) is 1.05. The molecule has 1 amide bonds. The summed E-state index contributed by atoms with van der Waals surface area (Å²) in [5.74, 6) is -0.0928. The third-order valence-corrected chi connectivity index (χ3v) is 2.91. The van der Waals surface area contributed by atoms with Gasteiger partial charge in [-0.3, -0.25) is 4.79 Å². The lowest BCUT2D eigenvalue weighted by molar-refractivity contribution is -0.120. The number of anilines is 1. The van der Waals surface area contributed by atoms with E-state index < -0.39 is 0 Å². The van der Waals surface area contributed by atoms with Crippen LogP contribution in [-0.4, -0.2) is 18.5 Å². The molecule has 0 saturated carbocycles. The smallest absolute Gasteiger partial charge is 0.239 e. The van der Waals surface area contributed by atoms with Gasteiger partial charge < -0.3 is 10.6 Å². The third-order valence-electron chi connectivity index (χ3n) is 2.67. The molecule has 0 bridgehead atoms. The number of carbonyl (C=O) groups excluding carboxylic acids is 1. The Morgan fingerprint density at radius 1 is 1.53 bits per heavy atom. The van der Waals surface area contributed by atoms with Crippen LogP contribution in [0.3, 0.4) is 0 Å². The molecule has 0 saturated heterocycles. The molecule has 0 aliphatic heterocycles. The lowest BCUT2D eigenvalue weighted by Crippen LogP contribution is -2.36. The van der Waals surface area contributed by atoms with Gasteiger partial charge in [0.05, 0.1) is 17.8 Å². The van der Waals surface area contributed by atoms with Crippen LogP contribution in [-0.2, 0) is 4.79 Å². The lowest BCUT2D eigenvalue weighted by Gasteiger charge is -2.14. The monoisotopic (exact) mass is 279 g/mol. The van der Waals surface area contributed by atoms with Crippen molar-refractivity contribution in [1.29, 1.82) is 5.26 Å². The van der Waals surface area contributed by atoms with Crippen molar-refractivity contribution < 1.29 is 4.79 Å². The maximum absolute atomic E-state index is 11.7. The summed E-state index contributed by atoms with van der Waals surface area (Å²) < 4.78 is 0. The lowest BCUT2D eigenvalue weighted by atomic mass is 10.2. The van der Waals surface area contributed by atoms with Gasteiger partial charge in [0, 0.05) is 11.1 Å². The van der Waals surface area contributed by atoms with Crippen LogP contribution in [0.15, 0.2) is 18.2 Å². The SMILES string of the molecule is CCCC(C)NC(=O)CNc1cc(Cl)ccc1C#N. The van der Waals surface area contributed by atoms with Gasteiger partial charge in [0.2, 0.25) is 5.91 Å². The summed E-state index contributed by atoms with van der Waals surface area (Å²) in [6.07, 6.45) is 1.98. The fraction of sp³-hybridized carbons (Fsp3) is 0.429. The molecule has 1 atom stereocenters. The van der Waals surface area contributed by atoms with E-state index in [9.17, 15) is 4.79 Å². The Morgan fingerprint density at radius 2 is 2.26 bits per heavy atom. The Bertz CT molecular complexity index is 482. The molecule has 4 nitrogen and oxygen atoms in total. The molecule has 0 radical (unpaired) electrons. The molecular formula is C14H18ClN3O. The number of halogens is 1. The van der Waals surface area contributed by atoms with Gasteiger partial charge >= 0.3 is 0 Å². The van der Waals surface area contributed by atoms with Crippen LogP contribution in [0.4, 0.5) is 5.69 Å². The summed E-state index contributed by atoms with van der Waals surface area (Å²) in [4.78, 5) is 11.7. The van der Waals surface area contributed by atoms with Gasteiger partial charge in [-0.25, -0.2) is 0 Å². The number of carbonyl (C=O) groups is 1. The fourth-order valence-corrected chi connectivity index (χ4v) is 1.94. The second-order valence-corrected chi connectivity index (χ2v) is 4.85. The quantitative estimate of drug-likeness (QED) is 0.841. The summed E-state index contributed by atoms with van der Waals surface area (Å²) >= 11 is 5.86. The molecule has 5 heteroatoms. The van der Waals surface area contributed by atoms with Gasteiger partial charge in [-0.1, -0.05) is 24.9 Å². The van der Waals surface area contributed by atoms with Crippen LogP contribution in [0.2, 0.25) is 5.02 Å². The van der Waals surface area contributed by atoms with Crippen LogP contribution >= 0.6 is 11.6 Å². The normalized spacial score (nSPS) is 11.5. The molecule has 1 rings (SSSR count). The second kappa shape index (κ2) is 7.65. The zero-order valence-electron chi connectivity index (χ0n) is 11.2. The Morgan fingerprint density at radius 3 is 2.89 bits per heavy atom. The molecule has 1 aromatic rings. The van der Waals surface area contributed by atoms with E-state index in [1.54, 1.807) is 18.2 Å². The average Bonchev–Trinajstić information content (AvgIpc) is 2.36. The van der Waals surface area contributed by atoms with E-state index in [0.717, 1.165) is 12.8 Å². The van der Waals surface area contributed by atoms with E-state index in [4.69, 9.17) is 16.9 Å². The van der Waals surface area contributed by atoms with Crippen LogP contribution in [0.25, 0.3) is 0 Å². The highest BCUT2D eigenvalue weighted by Gasteiger charge is 2.08. The van der Waals surface area contributed by atoms with Crippen molar-refractivity contribution in [3.8, 4) is 6.07 Å². The number of nitrogens with one attached hydrogen (secondary N) is 2. The van der Waals surface area contributed by atoms with E-state index in [0.29, 0.717) is 16.3 Å². The number of benzene rings is 1. The van der Waals surface area contributed by atoms with Gasteiger partial charge in [0.25, 0.3) is 0 Å². The van der Waals surface area contributed by atoms with Gasteiger partial charge in [-0.05, 0) is 31.5 Å². The number of nitrogens with zero attached hydrogens (tertiary/aromatic N) is 1. The molecule has 0 heterocycles. The van der Waals surface area contributed by atoms with E-state index in [1.165, 1.54) is 0 Å². The van der Waals surface area contributed by atoms with Crippen LogP contribution < -0.4 is 10.6 Å². The van der Waals surface area contributed by atoms with Crippen molar-refractivity contribution in [1.82, 2.24) is 5.32 Å². The molecule has 102 valence electrons. The molecule has 0 aliphatic rings. The first kappa shape index (κ1) is 15.3. The molecule has 2 N–H and O–H groups in total. The zero-order valence-corrected chi connectivity index (χ0v) is 11.9.